The van der Waals surface area contributed by atoms with E-state index in [4.69, 9.17) is 4.74 Å². The molecule has 0 aromatic rings. The highest BCUT2D eigenvalue weighted by Gasteiger charge is 2.29. The normalized spacial score (nSPS) is 30.2. The molecule has 1 amide bonds. The van der Waals surface area contributed by atoms with Gasteiger partial charge >= 0.3 is 6.09 Å². The summed E-state index contributed by atoms with van der Waals surface area (Å²) >= 11 is 0. The maximum absolute atomic E-state index is 12.1. The molecule has 2 aliphatic rings. The summed E-state index contributed by atoms with van der Waals surface area (Å²) in [6.07, 6.45) is 6.70. The van der Waals surface area contributed by atoms with Crippen molar-refractivity contribution in [3.05, 3.63) is 0 Å². The molecule has 2 rings (SSSR count). The minimum atomic E-state index is -0.103. The number of hydrogen-bond acceptors (Lipinski definition) is 3. The predicted molar refractivity (Wildman–Crippen MR) is 71.6 cm³/mol. The molecule has 1 saturated carbocycles. The number of carbonyl (C=O) groups excluding carboxylic acids is 1. The number of likely N-dealkylation sites (N-methyl/N-ethyl adjacent to an activating group) is 1. The lowest BCUT2D eigenvalue weighted by Gasteiger charge is -2.35. The molecule has 0 aromatic heterocycles. The van der Waals surface area contributed by atoms with Crippen molar-refractivity contribution >= 4 is 6.09 Å². The first-order valence-electron chi connectivity index (χ1n) is 7.33. The van der Waals surface area contributed by atoms with Gasteiger partial charge in [0.1, 0.15) is 6.10 Å². The first kappa shape index (κ1) is 13.7. The van der Waals surface area contributed by atoms with Crippen molar-refractivity contribution < 1.29 is 9.53 Å². The number of likely N-dealkylation sites (tertiary alicyclic amines) is 1. The summed E-state index contributed by atoms with van der Waals surface area (Å²) in [4.78, 5) is 14.0. The van der Waals surface area contributed by atoms with Gasteiger partial charge < -0.3 is 15.0 Å². The van der Waals surface area contributed by atoms with Crippen LogP contribution in [-0.2, 0) is 4.74 Å². The van der Waals surface area contributed by atoms with Crippen LogP contribution in [0.4, 0.5) is 4.79 Å². The topological polar surface area (TPSA) is 41.6 Å². The van der Waals surface area contributed by atoms with Gasteiger partial charge in [0.25, 0.3) is 0 Å². The average molecular weight is 254 g/mol. The van der Waals surface area contributed by atoms with E-state index in [1.54, 1.807) is 0 Å². The molecular formula is C14H26N2O2. The summed E-state index contributed by atoms with van der Waals surface area (Å²) in [5, 5.41) is 3.27. The number of nitrogens with zero attached hydrogens (tertiary/aromatic N) is 1. The van der Waals surface area contributed by atoms with Crippen LogP contribution in [0.1, 0.15) is 45.4 Å². The molecule has 0 radical (unpaired) electrons. The highest BCUT2D eigenvalue weighted by molar-refractivity contribution is 5.68. The van der Waals surface area contributed by atoms with Gasteiger partial charge in [-0.3, -0.25) is 0 Å². The van der Waals surface area contributed by atoms with Crippen LogP contribution in [0.25, 0.3) is 0 Å². The summed E-state index contributed by atoms with van der Waals surface area (Å²) in [6.45, 7) is 3.97. The molecule has 0 aromatic carbocycles. The van der Waals surface area contributed by atoms with Crippen LogP contribution in [0.2, 0.25) is 0 Å². The van der Waals surface area contributed by atoms with Crippen LogP contribution in [0.5, 0.6) is 0 Å². The molecule has 2 unspecified atom stereocenters. The average Bonchev–Trinajstić information content (AvgIpc) is 2.40. The van der Waals surface area contributed by atoms with Crippen LogP contribution < -0.4 is 5.32 Å². The Kier molecular flexibility index (Phi) is 4.87. The zero-order valence-electron chi connectivity index (χ0n) is 11.7. The largest absolute Gasteiger partial charge is 0.444 e. The van der Waals surface area contributed by atoms with E-state index < -0.39 is 0 Å². The Morgan fingerprint density at radius 2 is 1.83 bits per heavy atom. The van der Waals surface area contributed by atoms with E-state index in [-0.39, 0.29) is 12.2 Å². The van der Waals surface area contributed by atoms with Crippen LogP contribution in [0, 0.1) is 5.92 Å². The number of amides is 1. The molecule has 1 saturated heterocycles. The first-order chi connectivity index (χ1) is 8.70. The second-order valence-corrected chi connectivity index (χ2v) is 5.77. The smallest absolute Gasteiger partial charge is 0.410 e. The molecule has 4 nitrogen and oxygen atoms in total. The third-order valence-corrected chi connectivity index (χ3v) is 4.37. The van der Waals surface area contributed by atoms with Gasteiger partial charge in [0.05, 0.1) is 0 Å². The molecule has 1 heterocycles. The molecule has 4 heteroatoms. The van der Waals surface area contributed by atoms with E-state index in [0.717, 1.165) is 44.7 Å². The fourth-order valence-corrected chi connectivity index (χ4v) is 2.96. The van der Waals surface area contributed by atoms with Gasteiger partial charge in [0.15, 0.2) is 0 Å². The van der Waals surface area contributed by atoms with Crippen molar-refractivity contribution in [1.29, 1.82) is 0 Å². The number of piperidine rings is 1. The minimum Gasteiger partial charge on any atom is -0.444 e. The van der Waals surface area contributed by atoms with E-state index in [1.807, 2.05) is 11.9 Å². The number of nitrogens with one attached hydrogen (secondary N) is 1. The summed E-state index contributed by atoms with van der Waals surface area (Å²) in [7, 11) is 1.96. The van der Waals surface area contributed by atoms with Crippen molar-refractivity contribution in [2.24, 2.45) is 5.92 Å². The van der Waals surface area contributed by atoms with E-state index >= 15 is 0 Å². The standard InChI is InChI=1S/C14H26N2O2/c1-11-7-9-16(10-8-11)14(17)18-13-6-4-3-5-12(13)15-2/h11-13,15H,3-10H2,1-2H3. The second kappa shape index (κ2) is 6.41. The number of hydrogen-bond donors (Lipinski definition) is 1. The molecule has 104 valence electrons. The number of carbonyl (C=O) groups is 1. The lowest BCUT2D eigenvalue weighted by atomic mass is 9.92. The summed E-state index contributed by atoms with van der Waals surface area (Å²) < 4.78 is 5.69. The van der Waals surface area contributed by atoms with E-state index in [9.17, 15) is 4.79 Å². The van der Waals surface area contributed by atoms with Gasteiger partial charge in [0.2, 0.25) is 0 Å². The minimum absolute atomic E-state index is 0.0654. The third kappa shape index (κ3) is 3.37. The van der Waals surface area contributed by atoms with Gasteiger partial charge in [-0.05, 0) is 45.1 Å². The predicted octanol–water partition coefficient (Wildman–Crippen LogP) is 2.39. The van der Waals surface area contributed by atoms with Gasteiger partial charge in [0, 0.05) is 19.1 Å². The van der Waals surface area contributed by atoms with Gasteiger partial charge in [-0.25, -0.2) is 4.79 Å². The van der Waals surface area contributed by atoms with Crippen molar-refractivity contribution in [2.45, 2.75) is 57.6 Å². The highest BCUT2D eigenvalue weighted by Crippen LogP contribution is 2.23. The molecule has 2 atom stereocenters. The maximum atomic E-state index is 12.1. The molecule has 0 bridgehead atoms. The van der Waals surface area contributed by atoms with Crippen molar-refractivity contribution in [3.8, 4) is 0 Å². The van der Waals surface area contributed by atoms with Crippen LogP contribution in [0.3, 0.4) is 0 Å². The molecule has 1 N–H and O–H groups in total. The highest BCUT2D eigenvalue weighted by atomic mass is 16.6. The van der Waals surface area contributed by atoms with Gasteiger partial charge in [-0.15, -0.1) is 0 Å². The van der Waals surface area contributed by atoms with Crippen LogP contribution >= 0.6 is 0 Å². The van der Waals surface area contributed by atoms with E-state index in [0.29, 0.717) is 6.04 Å². The zero-order chi connectivity index (χ0) is 13.0. The fourth-order valence-electron chi connectivity index (χ4n) is 2.96. The Labute approximate surface area is 110 Å². The summed E-state index contributed by atoms with van der Waals surface area (Å²) in [6, 6.07) is 0.339. The monoisotopic (exact) mass is 254 g/mol. The molecule has 1 aliphatic heterocycles. The quantitative estimate of drug-likeness (QED) is 0.822. The third-order valence-electron chi connectivity index (χ3n) is 4.37. The lowest BCUT2D eigenvalue weighted by Crippen LogP contribution is -2.46. The summed E-state index contributed by atoms with van der Waals surface area (Å²) in [5.74, 6) is 0.744. The Morgan fingerprint density at radius 3 is 2.50 bits per heavy atom. The van der Waals surface area contributed by atoms with Crippen LogP contribution in [0.15, 0.2) is 0 Å². The molecule has 1 aliphatic carbocycles. The van der Waals surface area contributed by atoms with Crippen molar-refractivity contribution in [3.63, 3.8) is 0 Å². The molecule has 2 fully saturated rings. The Hall–Kier alpha value is -0.770. The Morgan fingerprint density at radius 1 is 1.17 bits per heavy atom. The Bertz CT molecular complexity index is 275. The summed E-state index contributed by atoms with van der Waals surface area (Å²) in [5.41, 5.74) is 0. The van der Waals surface area contributed by atoms with E-state index in [2.05, 4.69) is 12.2 Å². The molecular weight excluding hydrogens is 228 g/mol. The van der Waals surface area contributed by atoms with Crippen molar-refractivity contribution in [2.75, 3.05) is 20.1 Å². The van der Waals surface area contributed by atoms with Crippen molar-refractivity contribution in [1.82, 2.24) is 10.2 Å². The fraction of sp³-hybridized carbons (Fsp3) is 0.929. The SMILES string of the molecule is CNC1CCCCC1OC(=O)N1CCC(C)CC1. The molecule has 0 spiro atoms. The lowest BCUT2D eigenvalue weighted by molar-refractivity contribution is 0.0238. The maximum Gasteiger partial charge on any atom is 0.410 e. The molecule has 18 heavy (non-hydrogen) atoms. The van der Waals surface area contributed by atoms with Gasteiger partial charge in [-0.1, -0.05) is 13.3 Å². The second-order valence-electron chi connectivity index (χ2n) is 5.77. The number of ether oxygens (including phenoxy) is 1. The first-order valence-corrected chi connectivity index (χ1v) is 7.33. The van der Waals surface area contributed by atoms with Crippen LogP contribution in [-0.4, -0.2) is 43.3 Å². The van der Waals surface area contributed by atoms with Gasteiger partial charge in [-0.2, -0.15) is 0 Å². The van der Waals surface area contributed by atoms with E-state index in [1.165, 1.54) is 12.8 Å². The zero-order valence-corrected chi connectivity index (χ0v) is 11.7. The Balaban J connectivity index is 1.82. The number of rotatable bonds is 2.